The molecule has 1 unspecified atom stereocenters. The normalized spacial score (nSPS) is 11.4. The number of thiocarbonyl (C=S) groups is 1. The fourth-order valence-corrected chi connectivity index (χ4v) is 2.18. The number of unbranched alkanes of at least 4 members (excludes halogenated alkanes) is 1. The first-order valence-corrected chi connectivity index (χ1v) is 7.65. The minimum Gasteiger partial charge on any atom is -0.362 e. The van der Waals surface area contributed by atoms with E-state index in [0.29, 0.717) is 16.6 Å². The molecule has 1 atom stereocenters. The third-order valence-corrected chi connectivity index (χ3v) is 3.61. The molecule has 0 aliphatic rings. The maximum Gasteiger partial charge on any atom is 0.170 e. The van der Waals surface area contributed by atoms with Gasteiger partial charge in [0.05, 0.1) is 11.6 Å². The molecular formula is C16H23N3S. The van der Waals surface area contributed by atoms with Crippen LogP contribution in [-0.4, -0.2) is 11.7 Å². The Morgan fingerprint density at radius 2 is 2.00 bits per heavy atom. The molecule has 0 saturated heterocycles. The molecule has 3 nitrogen and oxygen atoms in total. The van der Waals surface area contributed by atoms with Crippen LogP contribution >= 0.6 is 12.2 Å². The van der Waals surface area contributed by atoms with Crippen LogP contribution < -0.4 is 10.6 Å². The molecule has 0 aliphatic heterocycles. The fraction of sp³-hybridized carbons (Fsp3) is 0.500. The lowest BCUT2D eigenvalue weighted by Gasteiger charge is -2.17. The minimum atomic E-state index is 0.643. The van der Waals surface area contributed by atoms with E-state index in [0.717, 1.165) is 12.2 Å². The van der Waals surface area contributed by atoms with E-state index in [-0.39, 0.29) is 0 Å². The maximum absolute atomic E-state index is 8.75. The van der Waals surface area contributed by atoms with Crippen molar-refractivity contribution in [1.29, 1.82) is 5.26 Å². The quantitative estimate of drug-likeness (QED) is 0.743. The van der Waals surface area contributed by atoms with Crippen LogP contribution in [0, 0.1) is 17.2 Å². The van der Waals surface area contributed by atoms with Crippen molar-refractivity contribution in [1.82, 2.24) is 5.32 Å². The Kier molecular flexibility index (Phi) is 7.67. The molecule has 0 radical (unpaired) electrons. The highest BCUT2D eigenvalue weighted by atomic mass is 32.1. The molecule has 0 amide bonds. The van der Waals surface area contributed by atoms with Gasteiger partial charge in [0.1, 0.15) is 0 Å². The lowest BCUT2D eigenvalue weighted by Crippen LogP contribution is -2.32. The van der Waals surface area contributed by atoms with E-state index in [1.165, 1.54) is 25.7 Å². The number of rotatable bonds is 7. The van der Waals surface area contributed by atoms with Crippen LogP contribution in [0.1, 0.15) is 45.1 Å². The molecule has 20 heavy (non-hydrogen) atoms. The first-order valence-electron chi connectivity index (χ1n) is 7.24. The van der Waals surface area contributed by atoms with Gasteiger partial charge in [0.25, 0.3) is 0 Å². The van der Waals surface area contributed by atoms with Crippen molar-refractivity contribution in [2.45, 2.75) is 39.5 Å². The molecule has 0 bridgehead atoms. The molecule has 4 heteroatoms. The third kappa shape index (κ3) is 6.03. The Bertz CT molecular complexity index is 448. The standard InChI is InChI=1S/C16H23N3S/c1-3-5-6-13(4-2)12-18-16(20)19-15-9-7-14(11-17)8-10-15/h7-10,13H,3-6,12H2,1-2H3,(H2,18,19,20). The molecule has 1 rings (SSSR count). The number of nitrogens with zero attached hydrogens (tertiary/aromatic N) is 1. The Labute approximate surface area is 127 Å². The molecule has 2 N–H and O–H groups in total. The summed E-state index contributed by atoms with van der Waals surface area (Å²) in [4.78, 5) is 0. The van der Waals surface area contributed by atoms with E-state index < -0.39 is 0 Å². The zero-order valence-corrected chi connectivity index (χ0v) is 13.1. The average molecular weight is 289 g/mol. The van der Waals surface area contributed by atoms with Crippen LogP contribution in [0.4, 0.5) is 5.69 Å². The van der Waals surface area contributed by atoms with Crippen LogP contribution in [-0.2, 0) is 0 Å². The summed E-state index contributed by atoms with van der Waals surface area (Å²) in [6.45, 7) is 5.36. The molecule has 0 saturated carbocycles. The zero-order chi connectivity index (χ0) is 14.8. The van der Waals surface area contributed by atoms with Gasteiger partial charge in [0.15, 0.2) is 5.11 Å². The molecular weight excluding hydrogens is 266 g/mol. The van der Waals surface area contributed by atoms with Gasteiger partial charge >= 0.3 is 0 Å². The summed E-state index contributed by atoms with van der Waals surface area (Å²) in [7, 11) is 0. The Morgan fingerprint density at radius 3 is 2.55 bits per heavy atom. The first-order chi connectivity index (χ1) is 9.69. The summed E-state index contributed by atoms with van der Waals surface area (Å²) >= 11 is 5.29. The van der Waals surface area contributed by atoms with Crippen molar-refractivity contribution in [2.24, 2.45) is 5.92 Å². The second kappa shape index (κ2) is 9.33. The van der Waals surface area contributed by atoms with Gasteiger partial charge in [-0.2, -0.15) is 5.26 Å². The van der Waals surface area contributed by atoms with Crippen molar-refractivity contribution in [3.8, 4) is 6.07 Å². The lowest BCUT2D eigenvalue weighted by molar-refractivity contribution is 0.446. The zero-order valence-electron chi connectivity index (χ0n) is 12.3. The largest absolute Gasteiger partial charge is 0.362 e. The van der Waals surface area contributed by atoms with Crippen molar-refractivity contribution in [3.63, 3.8) is 0 Å². The Hall–Kier alpha value is -1.60. The van der Waals surface area contributed by atoms with Gasteiger partial charge in [-0.15, -0.1) is 0 Å². The van der Waals surface area contributed by atoms with Gasteiger partial charge in [-0.05, 0) is 48.8 Å². The van der Waals surface area contributed by atoms with E-state index in [1.54, 1.807) is 12.1 Å². The van der Waals surface area contributed by atoms with E-state index in [9.17, 15) is 0 Å². The molecule has 1 aromatic rings. The van der Waals surface area contributed by atoms with Crippen molar-refractivity contribution < 1.29 is 0 Å². The topological polar surface area (TPSA) is 47.8 Å². The Balaban J connectivity index is 2.37. The van der Waals surface area contributed by atoms with Crippen LogP contribution in [0.15, 0.2) is 24.3 Å². The van der Waals surface area contributed by atoms with Crippen LogP contribution in [0.3, 0.4) is 0 Å². The monoisotopic (exact) mass is 289 g/mol. The van der Waals surface area contributed by atoms with Gasteiger partial charge in [-0.1, -0.05) is 33.1 Å². The second-order valence-electron chi connectivity index (χ2n) is 4.94. The summed E-state index contributed by atoms with van der Waals surface area (Å²) in [6.07, 6.45) is 4.94. The third-order valence-electron chi connectivity index (χ3n) is 3.37. The van der Waals surface area contributed by atoms with E-state index in [4.69, 9.17) is 17.5 Å². The minimum absolute atomic E-state index is 0.643. The second-order valence-corrected chi connectivity index (χ2v) is 5.35. The number of hydrogen-bond donors (Lipinski definition) is 2. The molecule has 0 fully saturated rings. The maximum atomic E-state index is 8.75. The number of anilines is 1. The van der Waals surface area contributed by atoms with Gasteiger partial charge in [0.2, 0.25) is 0 Å². The highest BCUT2D eigenvalue weighted by Gasteiger charge is 2.06. The molecule has 0 heterocycles. The van der Waals surface area contributed by atoms with Gasteiger partial charge in [-0.3, -0.25) is 0 Å². The number of benzene rings is 1. The number of hydrogen-bond acceptors (Lipinski definition) is 2. The fourth-order valence-electron chi connectivity index (χ4n) is 1.98. The predicted octanol–water partition coefficient (Wildman–Crippen LogP) is 4.06. The van der Waals surface area contributed by atoms with E-state index in [1.807, 2.05) is 12.1 Å². The predicted molar refractivity (Wildman–Crippen MR) is 88.7 cm³/mol. The highest BCUT2D eigenvalue weighted by Crippen LogP contribution is 2.12. The number of nitrogens with one attached hydrogen (secondary N) is 2. The van der Waals surface area contributed by atoms with Gasteiger partial charge < -0.3 is 10.6 Å². The smallest absolute Gasteiger partial charge is 0.170 e. The summed E-state index contributed by atoms with van der Waals surface area (Å²) in [5.41, 5.74) is 1.56. The molecule has 1 aromatic carbocycles. The number of nitriles is 1. The molecule has 108 valence electrons. The summed E-state index contributed by atoms with van der Waals surface area (Å²) in [5, 5.41) is 15.8. The molecule has 0 spiro atoms. The average Bonchev–Trinajstić information content (AvgIpc) is 2.48. The van der Waals surface area contributed by atoms with Crippen LogP contribution in [0.2, 0.25) is 0 Å². The molecule has 0 aliphatic carbocycles. The summed E-state index contributed by atoms with van der Waals surface area (Å²) < 4.78 is 0. The Morgan fingerprint density at radius 1 is 1.30 bits per heavy atom. The van der Waals surface area contributed by atoms with Crippen molar-refractivity contribution >= 4 is 23.0 Å². The van der Waals surface area contributed by atoms with Gasteiger partial charge in [-0.25, -0.2) is 0 Å². The molecule has 0 aromatic heterocycles. The lowest BCUT2D eigenvalue weighted by atomic mass is 9.99. The van der Waals surface area contributed by atoms with E-state index in [2.05, 4.69) is 30.6 Å². The van der Waals surface area contributed by atoms with Crippen molar-refractivity contribution in [2.75, 3.05) is 11.9 Å². The van der Waals surface area contributed by atoms with Gasteiger partial charge in [0, 0.05) is 12.2 Å². The SMILES string of the molecule is CCCCC(CC)CNC(=S)Nc1ccc(C#N)cc1. The summed E-state index contributed by atoms with van der Waals surface area (Å²) in [6, 6.07) is 9.38. The summed E-state index contributed by atoms with van der Waals surface area (Å²) in [5.74, 6) is 0.677. The van der Waals surface area contributed by atoms with Crippen LogP contribution in [0.5, 0.6) is 0 Å². The first kappa shape index (κ1) is 16.5. The van der Waals surface area contributed by atoms with E-state index >= 15 is 0 Å². The highest BCUT2D eigenvalue weighted by molar-refractivity contribution is 7.80. The van der Waals surface area contributed by atoms with Crippen LogP contribution in [0.25, 0.3) is 0 Å². The van der Waals surface area contributed by atoms with Crippen molar-refractivity contribution in [3.05, 3.63) is 29.8 Å².